The van der Waals surface area contributed by atoms with Crippen LogP contribution in [0.15, 0.2) is 16.6 Å². The third-order valence-corrected chi connectivity index (χ3v) is 2.50. The summed E-state index contributed by atoms with van der Waals surface area (Å²) in [6.45, 7) is 2.50. The van der Waals surface area contributed by atoms with Crippen LogP contribution in [0, 0.1) is 0 Å². The summed E-state index contributed by atoms with van der Waals surface area (Å²) >= 11 is 9.34. The number of methoxy groups -OCH3 is 1. The number of ether oxygens (including phenoxy) is 2. The Hall–Kier alpha value is -0.410. The summed E-state index contributed by atoms with van der Waals surface area (Å²) in [5.41, 5.74) is 0. The van der Waals surface area contributed by atoms with Crippen molar-refractivity contribution in [2.75, 3.05) is 13.7 Å². The topological polar surface area (TPSA) is 18.5 Å². The first-order valence-electron chi connectivity index (χ1n) is 3.85. The molecule has 0 spiro atoms. The average Bonchev–Trinajstić information content (AvgIpc) is 2.11. The average molecular weight is 266 g/mol. The predicted molar refractivity (Wildman–Crippen MR) is 56.9 cm³/mol. The molecule has 1 aromatic carbocycles. The van der Waals surface area contributed by atoms with E-state index >= 15 is 0 Å². The van der Waals surface area contributed by atoms with Gasteiger partial charge in [-0.3, -0.25) is 0 Å². The summed E-state index contributed by atoms with van der Waals surface area (Å²) in [7, 11) is 1.57. The molecule has 0 N–H and O–H groups in total. The highest BCUT2D eigenvalue weighted by atomic mass is 79.9. The van der Waals surface area contributed by atoms with Crippen LogP contribution in [-0.2, 0) is 0 Å². The smallest absolute Gasteiger partial charge is 0.155 e. The molecule has 0 aliphatic carbocycles. The zero-order valence-electron chi connectivity index (χ0n) is 7.43. The minimum Gasteiger partial charge on any atom is -0.494 e. The van der Waals surface area contributed by atoms with E-state index in [0.29, 0.717) is 23.1 Å². The molecule has 0 heterocycles. The Kier molecular flexibility index (Phi) is 3.88. The molecule has 0 amide bonds. The molecular weight excluding hydrogens is 255 g/mol. The maximum atomic E-state index is 6.01. The van der Waals surface area contributed by atoms with Gasteiger partial charge in [-0.15, -0.1) is 0 Å². The number of halogens is 2. The first-order valence-corrected chi connectivity index (χ1v) is 5.02. The largest absolute Gasteiger partial charge is 0.494 e. The first kappa shape index (κ1) is 10.7. The van der Waals surface area contributed by atoms with Gasteiger partial charge in [0.2, 0.25) is 0 Å². The lowest BCUT2D eigenvalue weighted by Gasteiger charge is -2.10. The normalized spacial score (nSPS) is 9.85. The van der Waals surface area contributed by atoms with Gasteiger partial charge in [0.25, 0.3) is 0 Å². The molecule has 72 valence electrons. The molecule has 0 atom stereocenters. The maximum absolute atomic E-state index is 6.01. The Morgan fingerprint density at radius 1 is 1.46 bits per heavy atom. The minimum atomic E-state index is 0.499. The van der Waals surface area contributed by atoms with Crippen molar-refractivity contribution in [1.29, 1.82) is 0 Å². The van der Waals surface area contributed by atoms with Crippen LogP contribution in [-0.4, -0.2) is 13.7 Å². The SMILES string of the molecule is CCOc1ccc(Br)c(OC)c1Cl. The van der Waals surface area contributed by atoms with Crippen LogP contribution in [0.4, 0.5) is 0 Å². The summed E-state index contributed by atoms with van der Waals surface area (Å²) in [5, 5.41) is 0.499. The molecular formula is C9H10BrClO2. The zero-order valence-corrected chi connectivity index (χ0v) is 9.78. The van der Waals surface area contributed by atoms with Crippen LogP contribution in [0.2, 0.25) is 5.02 Å². The third kappa shape index (κ3) is 2.29. The van der Waals surface area contributed by atoms with Crippen molar-refractivity contribution in [1.82, 2.24) is 0 Å². The van der Waals surface area contributed by atoms with E-state index in [1.807, 2.05) is 13.0 Å². The summed E-state index contributed by atoms with van der Waals surface area (Å²) in [6.07, 6.45) is 0. The Bertz CT molecular complexity index is 302. The molecule has 1 rings (SSSR count). The monoisotopic (exact) mass is 264 g/mol. The van der Waals surface area contributed by atoms with Crippen LogP contribution in [0.3, 0.4) is 0 Å². The van der Waals surface area contributed by atoms with E-state index < -0.39 is 0 Å². The second kappa shape index (κ2) is 4.72. The number of hydrogen-bond donors (Lipinski definition) is 0. The Labute approximate surface area is 90.9 Å². The molecule has 0 saturated carbocycles. The van der Waals surface area contributed by atoms with Gasteiger partial charge in [0, 0.05) is 0 Å². The molecule has 0 fully saturated rings. The van der Waals surface area contributed by atoms with Crippen molar-refractivity contribution in [3.63, 3.8) is 0 Å². The summed E-state index contributed by atoms with van der Waals surface area (Å²) in [5.74, 6) is 1.25. The van der Waals surface area contributed by atoms with Crippen molar-refractivity contribution >= 4 is 27.5 Å². The van der Waals surface area contributed by atoms with Gasteiger partial charge in [-0.25, -0.2) is 0 Å². The van der Waals surface area contributed by atoms with Crippen LogP contribution >= 0.6 is 27.5 Å². The standard InChI is InChI=1S/C9H10BrClO2/c1-3-13-7-5-4-6(10)9(12-2)8(7)11/h4-5H,3H2,1-2H3. The maximum Gasteiger partial charge on any atom is 0.155 e. The Morgan fingerprint density at radius 3 is 2.69 bits per heavy atom. The molecule has 2 nitrogen and oxygen atoms in total. The summed E-state index contributed by atoms with van der Waals surface area (Å²) in [4.78, 5) is 0. The fraction of sp³-hybridized carbons (Fsp3) is 0.333. The van der Waals surface area contributed by atoms with Crippen molar-refractivity contribution in [3.05, 3.63) is 21.6 Å². The molecule has 0 aliphatic heterocycles. The minimum absolute atomic E-state index is 0.499. The fourth-order valence-electron chi connectivity index (χ4n) is 0.969. The van der Waals surface area contributed by atoms with Crippen molar-refractivity contribution in [2.45, 2.75) is 6.92 Å². The van der Waals surface area contributed by atoms with E-state index in [1.165, 1.54) is 0 Å². The van der Waals surface area contributed by atoms with Gasteiger partial charge in [-0.05, 0) is 35.0 Å². The molecule has 0 unspecified atom stereocenters. The molecule has 0 saturated heterocycles. The molecule has 0 aliphatic rings. The van der Waals surface area contributed by atoms with Gasteiger partial charge in [0.05, 0.1) is 18.2 Å². The third-order valence-electron chi connectivity index (χ3n) is 1.52. The van der Waals surface area contributed by atoms with E-state index in [-0.39, 0.29) is 0 Å². The lowest BCUT2D eigenvalue weighted by Crippen LogP contribution is -1.94. The van der Waals surface area contributed by atoms with Gasteiger partial charge in [0.15, 0.2) is 5.75 Å². The van der Waals surface area contributed by atoms with Crippen LogP contribution < -0.4 is 9.47 Å². The molecule has 0 bridgehead atoms. The van der Waals surface area contributed by atoms with Gasteiger partial charge in [-0.1, -0.05) is 11.6 Å². The second-order valence-electron chi connectivity index (χ2n) is 2.33. The fourth-order valence-corrected chi connectivity index (χ4v) is 1.87. The highest BCUT2D eigenvalue weighted by molar-refractivity contribution is 9.10. The molecule has 0 radical (unpaired) electrons. The van der Waals surface area contributed by atoms with E-state index in [9.17, 15) is 0 Å². The van der Waals surface area contributed by atoms with Crippen molar-refractivity contribution < 1.29 is 9.47 Å². The Balaban J connectivity index is 3.11. The van der Waals surface area contributed by atoms with Gasteiger partial charge >= 0.3 is 0 Å². The van der Waals surface area contributed by atoms with E-state index in [4.69, 9.17) is 21.1 Å². The first-order chi connectivity index (χ1) is 6.20. The zero-order chi connectivity index (χ0) is 9.84. The highest BCUT2D eigenvalue weighted by Crippen LogP contribution is 2.39. The van der Waals surface area contributed by atoms with E-state index in [0.717, 1.165) is 4.47 Å². The second-order valence-corrected chi connectivity index (χ2v) is 3.56. The molecule has 13 heavy (non-hydrogen) atoms. The molecule has 1 aromatic rings. The van der Waals surface area contributed by atoms with Crippen LogP contribution in [0.25, 0.3) is 0 Å². The van der Waals surface area contributed by atoms with E-state index in [1.54, 1.807) is 13.2 Å². The van der Waals surface area contributed by atoms with Gasteiger partial charge < -0.3 is 9.47 Å². The summed E-state index contributed by atoms with van der Waals surface area (Å²) in [6, 6.07) is 3.65. The van der Waals surface area contributed by atoms with E-state index in [2.05, 4.69) is 15.9 Å². The van der Waals surface area contributed by atoms with Crippen molar-refractivity contribution in [3.8, 4) is 11.5 Å². The van der Waals surface area contributed by atoms with Gasteiger partial charge in [0.1, 0.15) is 10.8 Å². The highest BCUT2D eigenvalue weighted by Gasteiger charge is 2.10. The van der Waals surface area contributed by atoms with Crippen LogP contribution in [0.5, 0.6) is 11.5 Å². The van der Waals surface area contributed by atoms with Crippen molar-refractivity contribution in [2.24, 2.45) is 0 Å². The van der Waals surface area contributed by atoms with Crippen LogP contribution in [0.1, 0.15) is 6.92 Å². The number of benzene rings is 1. The summed E-state index contributed by atoms with van der Waals surface area (Å²) < 4.78 is 11.2. The molecule has 0 aromatic heterocycles. The lowest BCUT2D eigenvalue weighted by atomic mass is 10.3. The quantitative estimate of drug-likeness (QED) is 0.833. The number of hydrogen-bond acceptors (Lipinski definition) is 2. The lowest BCUT2D eigenvalue weighted by molar-refractivity contribution is 0.336. The predicted octanol–water partition coefficient (Wildman–Crippen LogP) is 3.51. The number of rotatable bonds is 3. The molecule has 4 heteroatoms. The van der Waals surface area contributed by atoms with Gasteiger partial charge in [-0.2, -0.15) is 0 Å². The Morgan fingerprint density at radius 2 is 2.15 bits per heavy atom.